The topological polar surface area (TPSA) is 134 Å². The largest absolute Gasteiger partial charge is 0.480 e. The van der Waals surface area contributed by atoms with Gasteiger partial charge in [-0.1, -0.05) is 63.3 Å². The van der Waals surface area contributed by atoms with Crippen molar-refractivity contribution in [2.75, 3.05) is 6.61 Å². The molecule has 0 radical (unpaired) electrons. The quantitative estimate of drug-likeness (QED) is 0.0565. The summed E-state index contributed by atoms with van der Waals surface area (Å²) in [6, 6.07) is 5.91. The second-order valence-corrected chi connectivity index (χ2v) is 9.38. The molecule has 0 heterocycles. The van der Waals surface area contributed by atoms with Crippen molar-refractivity contribution in [3.63, 3.8) is 0 Å². The van der Waals surface area contributed by atoms with Crippen molar-refractivity contribution in [2.24, 2.45) is 0 Å². The predicted octanol–water partition coefficient (Wildman–Crippen LogP) is 4.43. The monoisotopic (exact) mass is 534 g/mol. The molecule has 1 aromatic rings. The van der Waals surface area contributed by atoms with Gasteiger partial charge in [0.05, 0.1) is 6.61 Å². The van der Waals surface area contributed by atoms with Crippen molar-refractivity contribution < 1.29 is 39.5 Å². The van der Waals surface area contributed by atoms with Crippen LogP contribution in [0.25, 0.3) is 0 Å². The molecule has 4 N–H and O–H groups in total. The lowest BCUT2D eigenvalue weighted by atomic mass is 10.0. The Balaban J connectivity index is 2.19. The zero-order valence-corrected chi connectivity index (χ0v) is 22.6. The lowest BCUT2D eigenvalue weighted by molar-refractivity contribution is -0.134. The van der Waals surface area contributed by atoms with E-state index in [1.807, 2.05) is 0 Å². The van der Waals surface area contributed by atoms with Gasteiger partial charge in [-0.25, -0.2) is 0 Å². The van der Waals surface area contributed by atoms with Crippen LogP contribution in [-0.4, -0.2) is 63.7 Å². The van der Waals surface area contributed by atoms with E-state index in [4.69, 9.17) is 14.6 Å². The highest BCUT2D eigenvalue weighted by atomic mass is 16.5. The van der Waals surface area contributed by atoms with Crippen LogP contribution < -0.4 is 9.47 Å². The second kappa shape index (κ2) is 21.4. The van der Waals surface area contributed by atoms with Gasteiger partial charge < -0.3 is 29.9 Å². The number of aliphatic hydroxyl groups is 4. The minimum atomic E-state index is -1.76. The average Bonchev–Trinajstić information content (AvgIpc) is 2.93. The summed E-state index contributed by atoms with van der Waals surface area (Å²) in [5, 5.41) is 38.0. The number of esters is 1. The average molecular weight is 535 g/mol. The number of carbonyl (C=O) groups is 2. The van der Waals surface area contributed by atoms with E-state index < -0.39 is 31.0 Å². The Kier molecular flexibility index (Phi) is 18.9. The Hall–Kier alpha value is -2.52. The minimum absolute atomic E-state index is 0.195. The molecule has 38 heavy (non-hydrogen) atoms. The van der Waals surface area contributed by atoms with Gasteiger partial charge in [0.1, 0.15) is 29.8 Å². The highest BCUT2D eigenvalue weighted by molar-refractivity contribution is 5.72. The number of hydrogen-bond donors (Lipinski definition) is 4. The first-order valence-electron chi connectivity index (χ1n) is 13.8. The fraction of sp³-hybridized carbons (Fsp3) is 0.600. The van der Waals surface area contributed by atoms with E-state index in [1.165, 1.54) is 49.9 Å². The third kappa shape index (κ3) is 15.0. The number of allylic oxidation sites excluding steroid dienone is 4. The Labute approximate surface area is 227 Å². The summed E-state index contributed by atoms with van der Waals surface area (Å²) in [5.74, 6) is 0.191. The number of rotatable bonds is 22. The molecule has 0 aliphatic rings. The number of ether oxygens (including phenoxy) is 2. The van der Waals surface area contributed by atoms with Gasteiger partial charge in [-0.3, -0.25) is 9.59 Å². The predicted molar refractivity (Wildman–Crippen MR) is 147 cm³/mol. The van der Waals surface area contributed by atoms with Crippen LogP contribution in [0.1, 0.15) is 84.0 Å². The number of aldehydes is 1. The van der Waals surface area contributed by atoms with Crippen LogP contribution in [0.2, 0.25) is 0 Å². The van der Waals surface area contributed by atoms with Gasteiger partial charge in [-0.15, -0.1) is 0 Å². The summed E-state index contributed by atoms with van der Waals surface area (Å²) in [6.45, 7) is 1.44. The molecule has 0 aliphatic heterocycles. The number of hydrogen-bond acceptors (Lipinski definition) is 8. The maximum Gasteiger partial charge on any atom is 0.311 e. The molecule has 0 spiro atoms. The molecule has 0 fully saturated rings. The first kappa shape index (κ1) is 33.5. The first-order valence-corrected chi connectivity index (χ1v) is 13.8. The van der Waals surface area contributed by atoms with Crippen LogP contribution in [0.15, 0.2) is 48.6 Å². The molecule has 4 atom stereocenters. The number of benzene rings is 1. The Morgan fingerprint density at radius 1 is 0.816 bits per heavy atom. The first-order chi connectivity index (χ1) is 18.4. The Morgan fingerprint density at radius 2 is 1.39 bits per heavy atom. The standard InChI is InChI=1S/C30H46O8/c1-2-3-4-5-6-7-8-9-10-11-12-13-14-15-16-17-28(34)38-25-20-18-24(19-21-25)37-27(23-32)30(36)29(35)26(33)22-31/h6-7,9-10,18-21,23,26-27,29-31,33,35-36H,2-5,8,11-17,22H2,1H3/b7-6-,10-9-/t26-,27+,29-,30-/m1/s1. The van der Waals surface area contributed by atoms with Gasteiger partial charge in [0.25, 0.3) is 0 Å². The zero-order valence-electron chi connectivity index (χ0n) is 22.6. The van der Waals surface area contributed by atoms with Crippen molar-refractivity contribution in [3.8, 4) is 11.5 Å². The molecule has 0 aliphatic carbocycles. The number of unbranched alkanes of at least 4 members (excludes halogenated alkanes) is 8. The van der Waals surface area contributed by atoms with Gasteiger partial charge in [-0.2, -0.15) is 0 Å². The molecule has 0 unspecified atom stereocenters. The molecular formula is C30H46O8. The van der Waals surface area contributed by atoms with Crippen LogP contribution in [0.5, 0.6) is 11.5 Å². The summed E-state index contributed by atoms with van der Waals surface area (Å²) in [7, 11) is 0. The second-order valence-electron chi connectivity index (χ2n) is 9.38. The van der Waals surface area contributed by atoms with Gasteiger partial charge in [0.2, 0.25) is 0 Å². The van der Waals surface area contributed by atoms with Crippen molar-refractivity contribution in [3.05, 3.63) is 48.6 Å². The molecule has 1 rings (SSSR count). The van der Waals surface area contributed by atoms with E-state index in [1.54, 1.807) is 0 Å². The lowest BCUT2D eigenvalue weighted by Gasteiger charge is -2.26. The van der Waals surface area contributed by atoms with Crippen molar-refractivity contribution in [1.82, 2.24) is 0 Å². The molecule has 0 bridgehead atoms. The van der Waals surface area contributed by atoms with Gasteiger partial charge in [0.15, 0.2) is 12.4 Å². The molecule has 0 aromatic heterocycles. The van der Waals surface area contributed by atoms with Gasteiger partial charge >= 0.3 is 5.97 Å². The van der Waals surface area contributed by atoms with Crippen LogP contribution in [-0.2, 0) is 9.59 Å². The van der Waals surface area contributed by atoms with Crippen molar-refractivity contribution in [2.45, 2.75) is 108 Å². The molecule has 0 amide bonds. The summed E-state index contributed by atoms with van der Waals surface area (Å²) in [6.07, 6.45) is 15.2. The number of carbonyl (C=O) groups excluding carboxylic acids is 2. The maximum atomic E-state index is 12.1. The van der Waals surface area contributed by atoms with E-state index in [0.717, 1.165) is 44.9 Å². The maximum absolute atomic E-state index is 12.1. The molecular weight excluding hydrogens is 488 g/mol. The fourth-order valence-electron chi connectivity index (χ4n) is 3.71. The van der Waals surface area contributed by atoms with Crippen LogP contribution >= 0.6 is 0 Å². The normalized spacial score (nSPS) is 14.9. The molecule has 0 saturated heterocycles. The van der Waals surface area contributed by atoms with Gasteiger partial charge in [0, 0.05) is 6.42 Å². The van der Waals surface area contributed by atoms with Crippen LogP contribution in [0.3, 0.4) is 0 Å². The van der Waals surface area contributed by atoms with Crippen molar-refractivity contribution >= 4 is 12.3 Å². The Bertz CT molecular complexity index is 805. The van der Waals surface area contributed by atoms with E-state index in [0.29, 0.717) is 12.2 Å². The van der Waals surface area contributed by atoms with E-state index in [2.05, 4.69) is 31.2 Å². The zero-order chi connectivity index (χ0) is 28.0. The van der Waals surface area contributed by atoms with Crippen molar-refractivity contribution in [1.29, 1.82) is 0 Å². The van der Waals surface area contributed by atoms with Gasteiger partial charge in [-0.05, 0) is 62.8 Å². The summed E-state index contributed by atoms with van der Waals surface area (Å²) < 4.78 is 10.7. The Morgan fingerprint density at radius 3 is 2.00 bits per heavy atom. The third-order valence-electron chi connectivity index (χ3n) is 6.06. The minimum Gasteiger partial charge on any atom is -0.480 e. The number of aliphatic hydroxyl groups excluding tert-OH is 4. The van der Waals surface area contributed by atoms with E-state index >= 15 is 0 Å². The molecule has 0 saturated carbocycles. The lowest BCUT2D eigenvalue weighted by Crippen LogP contribution is -2.48. The highest BCUT2D eigenvalue weighted by Gasteiger charge is 2.32. The fourth-order valence-corrected chi connectivity index (χ4v) is 3.71. The van der Waals surface area contributed by atoms with E-state index in [-0.39, 0.29) is 18.0 Å². The van der Waals surface area contributed by atoms with Crippen LogP contribution in [0, 0.1) is 0 Å². The molecule has 8 heteroatoms. The summed E-state index contributed by atoms with van der Waals surface area (Å²) in [4.78, 5) is 23.3. The van der Waals surface area contributed by atoms with E-state index in [9.17, 15) is 24.9 Å². The smallest absolute Gasteiger partial charge is 0.311 e. The SMILES string of the molecule is CCCCC/C=C\C/C=C\CCCCCCCC(=O)Oc1ccc(O[C@@H](C=O)[C@@H](O)[C@H](O)[C@H](O)CO)cc1. The molecule has 214 valence electrons. The summed E-state index contributed by atoms with van der Waals surface area (Å²) >= 11 is 0. The third-order valence-corrected chi connectivity index (χ3v) is 6.06. The molecule has 1 aromatic carbocycles. The summed E-state index contributed by atoms with van der Waals surface area (Å²) in [5.41, 5.74) is 0. The molecule has 8 nitrogen and oxygen atoms in total. The highest BCUT2D eigenvalue weighted by Crippen LogP contribution is 2.21. The van der Waals surface area contributed by atoms with Crippen LogP contribution in [0.4, 0.5) is 0 Å².